The van der Waals surface area contributed by atoms with Crippen molar-refractivity contribution in [2.45, 2.75) is 5.41 Å². The summed E-state index contributed by atoms with van der Waals surface area (Å²) in [6.07, 6.45) is 0. The van der Waals surface area contributed by atoms with Crippen LogP contribution in [0, 0.1) is 0 Å². The lowest BCUT2D eigenvalue weighted by molar-refractivity contribution is 0.436. The molecule has 1 aliphatic carbocycles. The van der Waals surface area contributed by atoms with Crippen LogP contribution in [0.3, 0.4) is 0 Å². The molecule has 0 fully saturated rings. The largest absolute Gasteiger partial charge is 0.457 e. The molecule has 0 unspecified atom stereocenters. The van der Waals surface area contributed by atoms with Gasteiger partial charge in [0.05, 0.1) is 16.4 Å². The first-order valence-corrected chi connectivity index (χ1v) is 15.5. The van der Waals surface area contributed by atoms with Gasteiger partial charge in [0.2, 0.25) is 0 Å². The van der Waals surface area contributed by atoms with Gasteiger partial charge in [-0.05, 0) is 64.2 Å². The number of hydrogen-bond donors (Lipinski definition) is 0. The van der Waals surface area contributed by atoms with Crippen molar-refractivity contribution in [2.24, 2.45) is 0 Å². The van der Waals surface area contributed by atoms with E-state index in [9.17, 15) is 0 Å². The standard InChI is InChI=1S/C43H27NO/c1-2-13-29(14-3-1)44-39-23-10-6-17-33(39)34-19-12-18-30(42(34)44)28-25-26-41-38(27-28)43(37-22-9-11-24-40(37)45-41)35-20-7-4-15-31(35)32-16-5-8-21-36(32)43/h1-27H. The summed E-state index contributed by atoms with van der Waals surface area (Å²) >= 11 is 0. The molecule has 10 rings (SSSR count). The van der Waals surface area contributed by atoms with Crippen molar-refractivity contribution in [3.8, 4) is 39.4 Å². The summed E-state index contributed by atoms with van der Waals surface area (Å²) in [6.45, 7) is 0. The summed E-state index contributed by atoms with van der Waals surface area (Å²) in [6, 6.07) is 59.3. The zero-order valence-electron chi connectivity index (χ0n) is 24.4. The SMILES string of the molecule is c1ccc(-n2c3ccccc3c3cccc(-c4ccc5c(c4)C4(c6ccccc6O5)c5ccccc5-c5ccccc54)c32)cc1. The van der Waals surface area contributed by atoms with Gasteiger partial charge in [0.15, 0.2) is 0 Å². The summed E-state index contributed by atoms with van der Waals surface area (Å²) in [5.41, 5.74) is 13.0. The molecule has 1 aliphatic heterocycles. The van der Waals surface area contributed by atoms with Crippen LogP contribution in [-0.2, 0) is 5.41 Å². The zero-order chi connectivity index (χ0) is 29.5. The minimum atomic E-state index is -0.493. The van der Waals surface area contributed by atoms with Crippen LogP contribution < -0.4 is 4.74 Å². The van der Waals surface area contributed by atoms with E-state index in [1.165, 1.54) is 66.3 Å². The molecule has 0 bridgehead atoms. The first-order valence-electron chi connectivity index (χ1n) is 15.5. The third-order valence-corrected chi connectivity index (χ3v) is 9.87. The summed E-state index contributed by atoms with van der Waals surface area (Å²) in [7, 11) is 0. The molecule has 2 aliphatic rings. The minimum Gasteiger partial charge on any atom is -0.457 e. The lowest BCUT2D eigenvalue weighted by Gasteiger charge is -2.39. The molecular formula is C43H27NO. The molecule has 0 N–H and O–H groups in total. The van der Waals surface area contributed by atoms with Crippen molar-refractivity contribution in [1.29, 1.82) is 0 Å². The van der Waals surface area contributed by atoms with Gasteiger partial charge < -0.3 is 9.30 Å². The fraction of sp³-hybridized carbons (Fsp3) is 0.0233. The maximum absolute atomic E-state index is 6.71. The van der Waals surface area contributed by atoms with Gasteiger partial charge in [0.25, 0.3) is 0 Å². The fourth-order valence-corrected chi connectivity index (χ4v) is 8.12. The Kier molecular flexibility index (Phi) is 4.95. The number of rotatable bonds is 2. The van der Waals surface area contributed by atoms with Crippen LogP contribution in [0.1, 0.15) is 22.3 Å². The van der Waals surface area contributed by atoms with Gasteiger partial charge in [-0.25, -0.2) is 0 Å². The number of fused-ring (bicyclic) bond motifs is 12. The molecule has 2 heterocycles. The molecule has 1 aromatic heterocycles. The number of ether oxygens (including phenoxy) is 1. The highest BCUT2D eigenvalue weighted by Gasteiger charge is 2.51. The van der Waals surface area contributed by atoms with Gasteiger partial charge in [0.1, 0.15) is 11.5 Å². The van der Waals surface area contributed by atoms with Gasteiger partial charge in [-0.1, -0.05) is 127 Å². The second-order valence-corrected chi connectivity index (χ2v) is 12.0. The highest BCUT2D eigenvalue weighted by atomic mass is 16.5. The number of nitrogens with zero attached hydrogens (tertiary/aromatic N) is 1. The molecule has 0 saturated heterocycles. The Balaban J connectivity index is 1.32. The van der Waals surface area contributed by atoms with Crippen LogP contribution in [0.5, 0.6) is 11.5 Å². The van der Waals surface area contributed by atoms with Crippen LogP contribution in [0.25, 0.3) is 49.7 Å². The molecule has 210 valence electrons. The van der Waals surface area contributed by atoms with E-state index in [2.05, 4.69) is 168 Å². The average molecular weight is 574 g/mol. The first-order chi connectivity index (χ1) is 22.3. The average Bonchev–Trinajstić information content (AvgIpc) is 3.60. The molecule has 2 heteroatoms. The number of aromatic nitrogens is 1. The van der Waals surface area contributed by atoms with E-state index < -0.39 is 5.41 Å². The summed E-state index contributed by atoms with van der Waals surface area (Å²) < 4.78 is 9.13. The lowest BCUT2D eigenvalue weighted by Crippen LogP contribution is -2.32. The van der Waals surface area contributed by atoms with Crippen LogP contribution in [-0.4, -0.2) is 4.57 Å². The number of para-hydroxylation sites is 4. The summed E-state index contributed by atoms with van der Waals surface area (Å²) in [5, 5.41) is 2.50. The van der Waals surface area contributed by atoms with Crippen LogP contribution in [0.4, 0.5) is 0 Å². The zero-order valence-corrected chi connectivity index (χ0v) is 24.4. The van der Waals surface area contributed by atoms with E-state index in [1.54, 1.807) is 0 Å². The number of hydrogen-bond acceptors (Lipinski definition) is 1. The second kappa shape index (κ2) is 9.07. The Bertz CT molecular complexity index is 2420. The van der Waals surface area contributed by atoms with Crippen LogP contribution in [0.2, 0.25) is 0 Å². The molecule has 8 aromatic rings. The Labute approximate surface area is 261 Å². The monoisotopic (exact) mass is 573 g/mol. The fourth-order valence-electron chi connectivity index (χ4n) is 8.12. The Morgan fingerprint density at radius 1 is 0.422 bits per heavy atom. The van der Waals surface area contributed by atoms with Crippen molar-refractivity contribution in [1.82, 2.24) is 4.57 Å². The van der Waals surface area contributed by atoms with Crippen LogP contribution in [0.15, 0.2) is 164 Å². The Hall–Kier alpha value is -5.86. The molecule has 0 radical (unpaired) electrons. The number of benzene rings is 7. The van der Waals surface area contributed by atoms with Crippen LogP contribution >= 0.6 is 0 Å². The summed E-state index contributed by atoms with van der Waals surface area (Å²) in [5.74, 6) is 1.82. The third-order valence-electron chi connectivity index (χ3n) is 9.87. The Morgan fingerprint density at radius 2 is 1.02 bits per heavy atom. The molecule has 45 heavy (non-hydrogen) atoms. The molecule has 0 saturated carbocycles. The van der Waals surface area contributed by atoms with Gasteiger partial charge in [-0.3, -0.25) is 0 Å². The lowest BCUT2D eigenvalue weighted by atomic mass is 9.66. The van der Waals surface area contributed by atoms with Gasteiger partial charge >= 0.3 is 0 Å². The van der Waals surface area contributed by atoms with Gasteiger partial charge in [0, 0.05) is 33.2 Å². The molecule has 0 amide bonds. The smallest absolute Gasteiger partial charge is 0.132 e. The van der Waals surface area contributed by atoms with E-state index >= 15 is 0 Å². The van der Waals surface area contributed by atoms with Crippen molar-refractivity contribution in [3.63, 3.8) is 0 Å². The maximum atomic E-state index is 6.71. The van der Waals surface area contributed by atoms with E-state index in [1.807, 2.05) is 0 Å². The highest BCUT2D eigenvalue weighted by molar-refractivity contribution is 6.13. The topological polar surface area (TPSA) is 14.2 Å². The highest BCUT2D eigenvalue weighted by Crippen LogP contribution is 2.62. The van der Waals surface area contributed by atoms with E-state index in [0.29, 0.717) is 0 Å². The molecule has 7 aromatic carbocycles. The van der Waals surface area contributed by atoms with Gasteiger partial charge in [-0.15, -0.1) is 0 Å². The minimum absolute atomic E-state index is 0.493. The predicted molar refractivity (Wildman–Crippen MR) is 184 cm³/mol. The maximum Gasteiger partial charge on any atom is 0.132 e. The van der Waals surface area contributed by atoms with E-state index in [-0.39, 0.29) is 0 Å². The predicted octanol–water partition coefficient (Wildman–Crippen LogP) is 10.9. The molecule has 2 nitrogen and oxygen atoms in total. The Morgan fingerprint density at radius 3 is 1.82 bits per heavy atom. The van der Waals surface area contributed by atoms with Gasteiger partial charge in [-0.2, -0.15) is 0 Å². The quantitative estimate of drug-likeness (QED) is 0.201. The van der Waals surface area contributed by atoms with Crippen molar-refractivity contribution in [3.05, 3.63) is 186 Å². The van der Waals surface area contributed by atoms with Crippen molar-refractivity contribution in [2.75, 3.05) is 0 Å². The molecule has 0 atom stereocenters. The molecular weight excluding hydrogens is 546 g/mol. The normalized spacial score (nSPS) is 13.7. The molecule has 1 spiro atoms. The van der Waals surface area contributed by atoms with Crippen molar-refractivity contribution < 1.29 is 4.74 Å². The van der Waals surface area contributed by atoms with E-state index in [0.717, 1.165) is 17.2 Å². The summed E-state index contributed by atoms with van der Waals surface area (Å²) in [4.78, 5) is 0. The van der Waals surface area contributed by atoms with E-state index in [4.69, 9.17) is 4.74 Å². The second-order valence-electron chi connectivity index (χ2n) is 12.0. The van der Waals surface area contributed by atoms with Crippen molar-refractivity contribution >= 4 is 21.8 Å². The third kappa shape index (κ3) is 3.18. The first kappa shape index (κ1) is 24.6.